The molecule has 0 unspecified atom stereocenters. The fraction of sp³-hybridized carbons (Fsp3) is 0.545. The summed E-state index contributed by atoms with van der Waals surface area (Å²) in [7, 11) is 0. The number of nitrogens with zero attached hydrogens (tertiary/aromatic N) is 2. The van der Waals surface area contributed by atoms with Gasteiger partial charge in [0.25, 0.3) is 0 Å². The highest BCUT2D eigenvalue weighted by Crippen LogP contribution is 2.01. The van der Waals surface area contributed by atoms with E-state index in [1.807, 2.05) is 17.0 Å². The summed E-state index contributed by atoms with van der Waals surface area (Å²) in [4.78, 5) is 6.37. The predicted octanol–water partition coefficient (Wildman–Crippen LogP) is 0.469. The molecule has 16 heavy (non-hydrogen) atoms. The van der Waals surface area contributed by atoms with Crippen LogP contribution in [0.1, 0.15) is 5.76 Å². The van der Waals surface area contributed by atoms with E-state index < -0.39 is 0 Å². The van der Waals surface area contributed by atoms with Crippen molar-refractivity contribution in [3.8, 4) is 0 Å². The number of rotatable bonds is 3. The molecule has 0 radical (unpaired) electrons. The number of furan rings is 1. The van der Waals surface area contributed by atoms with Crippen molar-refractivity contribution in [1.82, 2.24) is 4.90 Å². The largest absolute Gasteiger partial charge is 0.469 e. The molecule has 0 bridgehead atoms. The quantitative estimate of drug-likeness (QED) is 0.597. The second kappa shape index (κ2) is 5.55. The molecule has 5 nitrogen and oxygen atoms in total. The van der Waals surface area contributed by atoms with Gasteiger partial charge in [0.2, 0.25) is 0 Å². The fourth-order valence-corrected chi connectivity index (χ4v) is 1.63. The molecule has 1 aliphatic rings. The summed E-state index contributed by atoms with van der Waals surface area (Å²) < 4.78 is 10.5. The first-order valence-corrected chi connectivity index (χ1v) is 5.51. The number of morpholine rings is 1. The Morgan fingerprint density at radius 3 is 2.94 bits per heavy atom. The van der Waals surface area contributed by atoms with Crippen LogP contribution in [-0.4, -0.2) is 43.7 Å². The van der Waals surface area contributed by atoms with Gasteiger partial charge in [0.05, 0.1) is 19.5 Å². The lowest BCUT2D eigenvalue weighted by Gasteiger charge is -2.27. The van der Waals surface area contributed by atoms with E-state index in [1.165, 1.54) is 0 Å². The molecular weight excluding hydrogens is 206 g/mol. The van der Waals surface area contributed by atoms with Crippen LogP contribution < -0.4 is 5.73 Å². The van der Waals surface area contributed by atoms with Gasteiger partial charge in [-0.15, -0.1) is 0 Å². The van der Waals surface area contributed by atoms with Gasteiger partial charge in [-0.25, -0.2) is 0 Å². The normalized spacial score (nSPS) is 17.8. The monoisotopic (exact) mass is 223 g/mol. The molecule has 1 aliphatic heterocycles. The lowest BCUT2D eigenvalue weighted by Crippen LogP contribution is -2.44. The van der Waals surface area contributed by atoms with Crippen molar-refractivity contribution < 1.29 is 9.15 Å². The Kier molecular flexibility index (Phi) is 3.82. The van der Waals surface area contributed by atoms with E-state index in [4.69, 9.17) is 14.9 Å². The number of hydrogen-bond donors (Lipinski definition) is 1. The Hall–Kier alpha value is -1.49. The van der Waals surface area contributed by atoms with Crippen molar-refractivity contribution >= 4 is 5.96 Å². The second-order valence-electron chi connectivity index (χ2n) is 3.67. The van der Waals surface area contributed by atoms with Crippen molar-refractivity contribution in [3.63, 3.8) is 0 Å². The Morgan fingerprint density at radius 2 is 2.25 bits per heavy atom. The fourth-order valence-electron chi connectivity index (χ4n) is 1.63. The Bertz CT molecular complexity index is 329. The maximum absolute atomic E-state index is 5.88. The summed E-state index contributed by atoms with van der Waals surface area (Å²) in [6, 6.07) is 3.82. The van der Waals surface area contributed by atoms with E-state index in [2.05, 4.69) is 4.99 Å². The number of aliphatic imine (C=N–C) groups is 1. The molecule has 0 aromatic carbocycles. The van der Waals surface area contributed by atoms with Crippen molar-refractivity contribution in [1.29, 1.82) is 0 Å². The lowest BCUT2D eigenvalue weighted by molar-refractivity contribution is 0.0674. The van der Waals surface area contributed by atoms with Gasteiger partial charge in [-0.3, -0.25) is 4.99 Å². The summed E-state index contributed by atoms with van der Waals surface area (Å²) in [5, 5.41) is 0. The molecule has 0 saturated carbocycles. The van der Waals surface area contributed by atoms with Gasteiger partial charge in [0.1, 0.15) is 5.76 Å². The van der Waals surface area contributed by atoms with Crippen LogP contribution in [0.25, 0.3) is 0 Å². The van der Waals surface area contributed by atoms with Crippen molar-refractivity contribution in [2.45, 2.75) is 6.42 Å². The standard InChI is InChI=1S/C11H17N3O2/c12-11(14-5-8-15-9-6-14)13-4-3-10-2-1-7-16-10/h1-2,7H,3-6,8-9H2,(H2,12,13). The Labute approximate surface area is 94.9 Å². The summed E-state index contributed by atoms with van der Waals surface area (Å²) >= 11 is 0. The maximum Gasteiger partial charge on any atom is 0.191 e. The van der Waals surface area contributed by atoms with Crippen LogP contribution in [-0.2, 0) is 11.2 Å². The number of ether oxygens (including phenoxy) is 1. The molecule has 88 valence electrons. The summed E-state index contributed by atoms with van der Waals surface area (Å²) in [5.74, 6) is 1.55. The molecule has 2 heterocycles. The molecule has 0 aliphatic carbocycles. The first-order chi connectivity index (χ1) is 7.86. The highest BCUT2D eigenvalue weighted by molar-refractivity contribution is 5.78. The molecule has 2 rings (SSSR count). The van der Waals surface area contributed by atoms with Crippen molar-refractivity contribution in [3.05, 3.63) is 24.2 Å². The molecule has 0 atom stereocenters. The molecule has 1 aromatic rings. The zero-order valence-corrected chi connectivity index (χ0v) is 9.26. The third kappa shape index (κ3) is 3.00. The second-order valence-corrected chi connectivity index (χ2v) is 3.67. The van der Waals surface area contributed by atoms with E-state index in [-0.39, 0.29) is 0 Å². The van der Waals surface area contributed by atoms with Crippen molar-refractivity contribution in [2.75, 3.05) is 32.8 Å². The number of hydrogen-bond acceptors (Lipinski definition) is 3. The third-order valence-corrected chi connectivity index (χ3v) is 2.55. The molecule has 5 heteroatoms. The van der Waals surface area contributed by atoms with Gasteiger partial charge in [0.15, 0.2) is 5.96 Å². The maximum atomic E-state index is 5.88. The van der Waals surface area contributed by atoms with E-state index in [1.54, 1.807) is 6.26 Å². The minimum absolute atomic E-state index is 0.606. The first-order valence-electron chi connectivity index (χ1n) is 5.51. The summed E-state index contributed by atoms with van der Waals surface area (Å²) in [6.07, 6.45) is 2.46. The lowest BCUT2D eigenvalue weighted by atomic mass is 10.3. The van der Waals surface area contributed by atoms with Gasteiger partial charge in [-0.05, 0) is 12.1 Å². The summed E-state index contributed by atoms with van der Waals surface area (Å²) in [6.45, 7) is 3.78. The van der Waals surface area contributed by atoms with Crippen LogP contribution in [0.3, 0.4) is 0 Å². The van der Waals surface area contributed by atoms with Gasteiger partial charge in [0, 0.05) is 26.1 Å². The predicted molar refractivity (Wildman–Crippen MR) is 61.3 cm³/mol. The van der Waals surface area contributed by atoms with Crippen molar-refractivity contribution in [2.24, 2.45) is 10.7 Å². The first kappa shape index (κ1) is 11.0. The van der Waals surface area contributed by atoms with Crippen LogP contribution in [0.5, 0.6) is 0 Å². The van der Waals surface area contributed by atoms with Gasteiger partial charge in [-0.2, -0.15) is 0 Å². The van der Waals surface area contributed by atoms with Crippen LogP contribution in [0.2, 0.25) is 0 Å². The number of guanidine groups is 1. The van der Waals surface area contributed by atoms with Crippen LogP contribution >= 0.6 is 0 Å². The van der Waals surface area contributed by atoms with Crippen LogP contribution in [0.15, 0.2) is 27.8 Å². The Morgan fingerprint density at radius 1 is 1.44 bits per heavy atom. The van der Waals surface area contributed by atoms with E-state index in [0.29, 0.717) is 12.5 Å². The third-order valence-electron chi connectivity index (χ3n) is 2.55. The molecule has 0 spiro atoms. The SMILES string of the molecule is NC(=NCCc1ccco1)N1CCOCC1. The summed E-state index contributed by atoms with van der Waals surface area (Å²) in [5.41, 5.74) is 5.88. The van der Waals surface area contributed by atoms with Crippen LogP contribution in [0.4, 0.5) is 0 Å². The van der Waals surface area contributed by atoms with Crippen LogP contribution in [0, 0.1) is 0 Å². The molecule has 0 amide bonds. The van der Waals surface area contributed by atoms with E-state index >= 15 is 0 Å². The highest BCUT2D eigenvalue weighted by atomic mass is 16.5. The van der Waals surface area contributed by atoms with Gasteiger partial charge >= 0.3 is 0 Å². The zero-order chi connectivity index (χ0) is 11.2. The molecular formula is C11H17N3O2. The highest BCUT2D eigenvalue weighted by Gasteiger charge is 2.11. The van der Waals surface area contributed by atoms with E-state index in [0.717, 1.165) is 38.5 Å². The van der Waals surface area contributed by atoms with Gasteiger partial charge < -0.3 is 19.8 Å². The average Bonchev–Trinajstić information content (AvgIpc) is 2.83. The smallest absolute Gasteiger partial charge is 0.191 e. The molecule has 1 fully saturated rings. The minimum Gasteiger partial charge on any atom is -0.469 e. The molecule has 2 N–H and O–H groups in total. The molecule has 1 aromatic heterocycles. The van der Waals surface area contributed by atoms with Gasteiger partial charge in [-0.1, -0.05) is 0 Å². The molecule has 1 saturated heterocycles. The van der Waals surface area contributed by atoms with E-state index in [9.17, 15) is 0 Å². The topological polar surface area (TPSA) is 64.0 Å². The Balaban J connectivity index is 1.77. The number of nitrogens with two attached hydrogens (primary N) is 1. The average molecular weight is 223 g/mol. The minimum atomic E-state index is 0.606. The zero-order valence-electron chi connectivity index (χ0n) is 9.26.